The lowest BCUT2D eigenvalue weighted by molar-refractivity contribution is 0.00393. The topological polar surface area (TPSA) is 108 Å². The second-order valence-corrected chi connectivity index (χ2v) is 14.5. The smallest absolute Gasteiger partial charge is 0.410 e. The Morgan fingerprint density at radius 2 is 1.93 bits per heavy atom. The number of likely N-dealkylation sites (tertiary alicyclic amines) is 1. The highest BCUT2D eigenvalue weighted by Gasteiger charge is 2.46. The maximum atomic E-state index is 12.7. The molecule has 3 atom stereocenters. The summed E-state index contributed by atoms with van der Waals surface area (Å²) in [7, 11) is -2.00. The number of ether oxygens (including phenoxy) is 1. The van der Waals surface area contributed by atoms with Crippen molar-refractivity contribution in [3.05, 3.63) is 10.4 Å². The highest BCUT2D eigenvalue weighted by molar-refractivity contribution is 6.74. The molecule has 1 fully saturated rings. The lowest BCUT2D eigenvalue weighted by Gasteiger charge is -2.38. The van der Waals surface area contributed by atoms with Gasteiger partial charge in [0.05, 0.1) is 18.2 Å². The van der Waals surface area contributed by atoms with Crippen molar-refractivity contribution in [1.82, 2.24) is 4.90 Å². The van der Waals surface area contributed by atoms with E-state index in [0.717, 1.165) is 0 Å². The average molecular weight is 401 g/mol. The molecular weight excluding hydrogens is 364 g/mol. The SMILES string of the molecule is CC(C)(C)OC(=O)N1C[C@H](O[Si](C)(C)C(C)(C)C)C[C@H]1[C@@H](O)CCN=[N+]=[N-]. The van der Waals surface area contributed by atoms with Crippen molar-refractivity contribution in [3.8, 4) is 0 Å². The first kappa shape index (κ1) is 23.8. The number of hydrogen-bond donors (Lipinski definition) is 1. The predicted molar refractivity (Wildman–Crippen MR) is 108 cm³/mol. The van der Waals surface area contributed by atoms with E-state index in [4.69, 9.17) is 14.7 Å². The minimum Gasteiger partial charge on any atom is -0.444 e. The molecule has 0 aromatic carbocycles. The summed E-state index contributed by atoms with van der Waals surface area (Å²) in [4.78, 5) is 17.0. The molecule has 0 saturated carbocycles. The number of carbonyl (C=O) groups is 1. The fourth-order valence-corrected chi connectivity index (χ4v) is 4.18. The number of nitrogens with zero attached hydrogens (tertiary/aromatic N) is 4. The fourth-order valence-electron chi connectivity index (χ4n) is 2.83. The Hall–Kier alpha value is -1.28. The van der Waals surface area contributed by atoms with Crippen LogP contribution in [0.2, 0.25) is 18.1 Å². The minimum absolute atomic E-state index is 0.0575. The van der Waals surface area contributed by atoms with Gasteiger partial charge in [-0.2, -0.15) is 0 Å². The Morgan fingerprint density at radius 3 is 2.41 bits per heavy atom. The van der Waals surface area contributed by atoms with E-state index < -0.39 is 32.2 Å². The van der Waals surface area contributed by atoms with Crippen molar-refractivity contribution in [2.75, 3.05) is 13.1 Å². The molecule has 9 heteroatoms. The summed E-state index contributed by atoms with van der Waals surface area (Å²) in [6.07, 6.45) is -0.547. The first-order valence-electron chi connectivity index (χ1n) is 9.54. The third-order valence-electron chi connectivity index (χ3n) is 5.23. The molecule has 0 spiro atoms. The van der Waals surface area contributed by atoms with Crippen molar-refractivity contribution >= 4 is 14.4 Å². The van der Waals surface area contributed by atoms with Crippen LogP contribution in [-0.2, 0) is 9.16 Å². The van der Waals surface area contributed by atoms with E-state index in [1.807, 2.05) is 20.8 Å². The van der Waals surface area contributed by atoms with Crippen molar-refractivity contribution < 1.29 is 19.1 Å². The lowest BCUT2D eigenvalue weighted by Crippen LogP contribution is -2.46. The van der Waals surface area contributed by atoms with Crippen LogP contribution in [0.25, 0.3) is 10.4 Å². The van der Waals surface area contributed by atoms with E-state index in [1.165, 1.54) is 0 Å². The molecule has 1 saturated heterocycles. The lowest BCUT2D eigenvalue weighted by atomic mass is 10.1. The van der Waals surface area contributed by atoms with Gasteiger partial charge in [0.15, 0.2) is 8.32 Å². The number of carbonyl (C=O) groups excluding carboxylic acids is 1. The fraction of sp³-hybridized carbons (Fsp3) is 0.944. The summed E-state index contributed by atoms with van der Waals surface area (Å²) < 4.78 is 12.0. The van der Waals surface area contributed by atoms with Gasteiger partial charge in [-0.1, -0.05) is 25.9 Å². The molecule has 0 aliphatic carbocycles. The molecule has 8 nitrogen and oxygen atoms in total. The van der Waals surface area contributed by atoms with Crippen LogP contribution < -0.4 is 0 Å². The number of aliphatic hydroxyl groups is 1. The molecular formula is C18H36N4O4Si. The van der Waals surface area contributed by atoms with Gasteiger partial charge in [0, 0.05) is 18.0 Å². The molecule has 0 aromatic heterocycles. The zero-order chi connectivity index (χ0) is 21.0. The average Bonchev–Trinajstić information content (AvgIpc) is 2.87. The maximum Gasteiger partial charge on any atom is 0.410 e. The summed E-state index contributed by atoms with van der Waals surface area (Å²) in [5.74, 6) is 0. The van der Waals surface area contributed by atoms with Crippen LogP contribution in [0.15, 0.2) is 5.11 Å². The monoisotopic (exact) mass is 400 g/mol. The van der Waals surface area contributed by atoms with E-state index in [-0.39, 0.29) is 17.7 Å². The standard InChI is InChI=1S/C18H36N4O4Si/c1-17(2,3)25-16(24)22-12-13(26-27(7,8)18(4,5)6)11-14(22)15(23)9-10-20-21-19/h13-15,23H,9-12H2,1-8H3/t13-,14+,15+/m1/s1. The normalized spacial score (nSPS) is 22.3. The predicted octanol–water partition coefficient (Wildman–Crippen LogP) is 4.45. The summed E-state index contributed by atoms with van der Waals surface area (Å²) in [6, 6.07) is -0.413. The van der Waals surface area contributed by atoms with Crippen LogP contribution in [-0.4, -0.2) is 61.4 Å². The second kappa shape index (κ2) is 8.81. The third-order valence-corrected chi connectivity index (χ3v) is 9.77. The Morgan fingerprint density at radius 1 is 1.33 bits per heavy atom. The summed E-state index contributed by atoms with van der Waals surface area (Å²) in [6.45, 7) is 16.9. The third kappa shape index (κ3) is 6.99. The number of azide groups is 1. The Balaban J connectivity index is 2.95. The molecule has 1 rings (SSSR count). The number of aliphatic hydroxyl groups excluding tert-OH is 1. The Kier molecular flexibility index (Phi) is 7.75. The first-order valence-corrected chi connectivity index (χ1v) is 12.4. The molecule has 0 unspecified atom stereocenters. The van der Waals surface area contributed by atoms with Gasteiger partial charge in [-0.15, -0.1) is 0 Å². The molecule has 156 valence electrons. The molecule has 1 heterocycles. The van der Waals surface area contributed by atoms with Crippen LogP contribution in [0.1, 0.15) is 54.4 Å². The zero-order valence-electron chi connectivity index (χ0n) is 18.0. The van der Waals surface area contributed by atoms with Crippen LogP contribution in [0.3, 0.4) is 0 Å². The summed E-state index contributed by atoms with van der Waals surface area (Å²) in [5.41, 5.74) is 7.82. The molecule has 1 aliphatic heterocycles. The summed E-state index contributed by atoms with van der Waals surface area (Å²) in [5, 5.41) is 14.1. The van der Waals surface area contributed by atoms with E-state index in [1.54, 1.807) is 4.90 Å². The number of rotatable bonds is 6. The van der Waals surface area contributed by atoms with Gasteiger partial charge < -0.3 is 14.3 Å². The molecule has 0 radical (unpaired) electrons. The molecule has 27 heavy (non-hydrogen) atoms. The van der Waals surface area contributed by atoms with E-state index in [2.05, 4.69) is 43.9 Å². The number of hydrogen-bond acceptors (Lipinski definition) is 5. The molecule has 0 bridgehead atoms. The second-order valence-electron chi connectivity index (χ2n) is 9.75. The highest BCUT2D eigenvalue weighted by atomic mass is 28.4. The number of amides is 1. The quantitative estimate of drug-likeness (QED) is 0.307. The Bertz CT molecular complexity index is 565. The van der Waals surface area contributed by atoms with E-state index in [0.29, 0.717) is 19.4 Å². The van der Waals surface area contributed by atoms with Crippen molar-refractivity contribution in [2.24, 2.45) is 5.11 Å². The van der Waals surface area contributed by atoms with Gasteiger partial charge in [0.25, 0.3) is 0 Å². The summed E-state index contributed by atoms with van der Waals surface area (Å²) >= 11 is 0. The van der Waals surface area contributed by atoms with Crippen LogP contribution >= 0.6 is 0 Å². The van der Waals surface area contributed by atoms with Crippen LogP contribution in [0.4, 0.5) is 4.79 Å². The van der Waals surface area contributed by atoms with Gasteiger partial charge in [0.1, 0.15) is 5.60 Å². The minimum atomic E-state index is -2.00. The highest BCUT2D eigenvalue weighted by Crippen LogP contribution is 2.39. The largest absolute Gasteiger partial charge is 0.444 e. The molecule has 1 N–H and O–H groups in total. The molecule has 1 aliphatic rings. The van der Waals surface area contributed by atoms with Crippen molar-refractivity contribution in [3.63, 3.8) is 0 Å². The maximum absolute atomic E-state index is 12.7. The van der Waals surface area contributed by atoms with E-state index in [9.17, 15) is 9.90 Å². The molecule has 0 aromatic rings. The first-order chi connectivity index (χ1) is 12.2. The van der Waals surface area contributed by atoms with Crippen molar-refractivity contribution in [2.45, 2.75) is 96.4 Å². The zero-order valence-corrected chi connectivity index (χ0v) is 19.0. The Labute approximate surface area is 164 Å². The van der Waals surface area contributed by atoms with Crippen LogP contribution in [0.5, 0.6) is 0 Å². The van der Waals surface area contributed by atoms with E-state index >= 15 is 0 Å². The van der Waals surface area contributed by atoms with Crippen molar-refractivity contribution in [1.29, 1.82) is 0 Å². The van der Waals surface area contributed by atoms with Gasteiger partial charge in [-0.3, -0.25) is 4.90 Å². The van der Waals surface area contributed by atoms with Crippen LogP contribution in [0, 0.1) is 0 Å². The van der Waals surface area contributed by atoms with Gasteiger partial charge >= 0.3 is 6.09 Å². The van der Waals surface area contributed by atoms with Gasteiger partial charge in [0.2, 0.25) is 0 Å². The van der Waals surface area contributed by atoms with Gasteiger partial charge in [-0.05, 0) is 57.3 Å². The molecule has 1 amide bonds. The van der Waals surface area contributed by atoms with Gasteiger partial charge in [-0.25, -0.2) is 4.79 Å².